The lowest BCUT2D eigenvalue weighted by molar-refractivity contribution is -0.385. The fraction of sp³-hybridized carbons (Fsp3) is 0.308. The van der Waals surface area contributed by atoms with Crippen LogP contribution in [0.1, 0.15) is 18.9 Å². The molecule has 0 saturated carbocycles. The van der Waals surface area contributed by atoms with Crippen LogP contribution in [-0.4, -0.2) is 14.7 Å². The summed E-state index contributed by atoms with van der Waals surface area (Å²) in [6, 6.07) is 4.98. The maximum atomic E-state index is 10.9. The van der Waals surface area contributed by atoms with Crippen molar-refractivity contribution >= 4 is 27.3 Å². The topological polar surface area (TPSA) is 73.0 Å². The van der Waals surface area contributed by atoms with Crippen molar-refractivity contribution in [2.75, 3.05) is 5.32 Å². The van der Waals surface area contributed by atoms with E-state index in [1.165, 1.54) is 6.07 Å². The van der Waals surface area contributed by atoms with E-state index in [1.54, 1.807) is 18.3 Å². The molecule has 0 amide bonds. The largest absolute Gasteiger partial charge is 0.381 e. The van der Waals surface area contributed by atoms with E-state index in [2.05, 4.69) is 33.3 Å². The van der Waals surface area contributed by atoms with Gasteiger partial charge in [-0.1, -0.05) is 6.92 Å². The van der Waals surface area contributed by atoms with E-state index >= 15 is 0 Å². The lowest BCUT2D eigenvalue weighted by Crippen LogP contribution is -2.00. The van der Waals surface area contributed by atoms with E-state index in [-0.39, 0.29) is 5.69 Å². The molecule has 0 atom stereocenters. The van der Waals surface area contributed by atoms with Gasteiger partial charge in [-0.05, 0) is 34.5 Å². The minimum Gasteiger partial charge on any atom is -0.381 e. The Hall–Kier alpha value is -1.89. The number of nitrogens with zero attached hydrogens (tertiary/aromatic N) is 3. The summed E-state index contributed by atoms with van der Waals surface area (Å²) in [4.78, 5) is 10.4. The average Bonchev–Trinajstić information content (AvgIpc) is 2.86. The van der Waals surface area contributed by atoms with Crippen LogP contribution in [0.5, 0.6) is 0 Å². The van der Waals surface area contributed by atoms with Crippen molar-refractivity contribution in [1.82, 2.24) is 9.78 Å². The van der Waals surface area contributed by atoms with Gasteiger partial charge in [0.1, 0.15) is 0 Å². The van der Waals surface area contributed by atoms with Gasteiger partial charge in [0, 0.05) is 36.6 Å². The summed E-state index contributed by atoms with van der Waals surface area (Å²) >= 11 is 3.16. The molecule has 1 aromatic heterocycles. The van der Waals surface area contributed by atoms with Crippen molar-refractivity contribution in [3.8, 4) is 0 Å². The second kappa shape index (κ2) is 6.51. The number of benzene rings is 1. The third-order valence-electron chi connectivity index (χ3n) is 2.78. The Balaban J connectivity index is 2.03. The molecule has 0 bridgehead atoms. The summed E-state index contributed by atoms with van der Waals surface area (Å²) in [5.41, 5.74) is 1.81. The summed E-state index contributed by atoms with van der Waals surface area (Å²) < 4.78 is 2.37. The van der Waals surface area contributed by atoms with Gasteiger partial charge in [0.05, 0.1) is 15.6 Å². The molecule has 0 aliphatic rings. The Kier molecular flexibility index (Phi) is 4.73. The quantitative estimate of drug-likeness (QED) is 0.645. The predicted octanol–water partition coefficient (Wildman–Crippen LogP) is 3.58. The van der Waals surface area contributed by atoms with Crippen LogP contribution in [0, 0.1) is 10.1 Å². The molecule has 0 aliphatic heterocycles. The van der Waals surface area contributed by atoms with Crippen molar-refractivity contribution in [1.29, 1.82) is 0 Å². The third kappa shape index (κ3) is 3.57. The number of hydrogen-bond acceptors (Lipinski definition) is 4. The number of nitro benzene ring substituents is 1. The zero-order chi connectivity index (χ0) is 14.5. The van der Waals surface area contributed by atoms with E-state index in [1.807, 2.05) is 10.9 Å². The monoisotopic (exact) mass is 338 g/mol. The summed E-state index contributed by atoms with van der Waals surface area (Å²) in [5, 5.41) is 18.3. The van der Waals surface area contributed by atoms with E-state index < -0.39 is 4.92 Å². The van der Waals surface area contributed by atoms with Gasteiger partial charge in [0.25, 0.3) is 5.69 Å². The molecule has 0 spiro atoms. The summed E-state index contributed by atoms with van der Waals surface area (Å²) in [5.74, 6) is 0. The minimum absolute atomic E-state index is 0.0525. The summed E-state index contributed by atoms with van der Waals surface area (Å²) in [6.07, 6.45) is 4.81. The summed E-state index contributed by atoms with van der Waals surface area (Å²) in [7, 11) is 0. The molecule has 20 heavy (non-hydrogen) atoms. The Morgan fingerprint density at radius 2 is 2.30 bits per heavy atom. The number of nitrogens with one attached hydrogen (secondary N) is 1. The SMILES string of the molecule is CCCn1cc(CNc2ccc(Br)c([N+](=O)[O-])c2)cn1. The van der Waals surface area contributed by atoms with E-state index in [0.29, 0.717) is 16.7 Å². The first kappa shape index (κ1) is 14.5. The van der Waals surface area contributed by atoms with Crippen molar-refractivity contribution in [3.63, 3.8) is 0 Å². The highest BCUT2D eigenvalue weighted by Crippen LogP contribution is 2.27. The molecule has 2 aromatic rings. The van der Waals surface area contributed by atoms with Crippen LogP contribution >= 0.6 is 15.9 Å². The van der Waals surface area contributed by atoms with Gasteiger partial charge in [-0.15, -0.1) is 0 Å². The molecule has 1 aromatic carbocycles. The average molecular weight is 339 g/mol. The second-order valence-corrected chi connectivity index (χ2v) is 5.24. The Labute approximate surface area is 125 Å². The lowest BCUT2D eigenvalue weighted by Gasteiger charge is -2.05. The smallest absolute Gasteiger partial charge is 0.285 e. The fourth-order valence-corrected chi connectivity index (χ4v) is 2.21. The number of nitro groups is 1. The van der Waals surface area contributed by atoms with Crippen molar-refractivity contribution in [2.45, 2.75) is 26.4 Å². The van der Waals surface area contributed by atoms with Crippen LogP contribution < -0.4 is 5.32 Å². The number of rotatable bonds is 6. The molecule has 0 saturated heterocycles. The molecular weight excluding hydrogens is 324 g/mol. The van der Waals surface area contributed by atoms with Crippen molar-refractivity contribution in [2.24, 2.45) is 0 Å². The highest BCUT2D eigenvalue weighted by molar-refractivity contribution is 9.10. The van der Waals surface area contributed by atoms with Crippen LogP contribution in [0.2, 0.25) is 0 Å². The van der Waals surface area contributed by atoms with E-state index in [0.717, 1.165) is 18.5 Å². The van der Waals surface area contributed by atoms with Gasteiger partial charge in [-0.25, -0.2) is 0 Å². The van der Waals surface area contributed by atoms with Crippen molar-refractivity contribution in [3.05, 3.63) is 50.7 Å². The van der Waals surface area contributed by atoms with Gasteiger partial charge in [0.2, 0.25) is 0 Å². The first-order valence-corrected chi connectivity index (χ1v) is 7.08. The number of anilines is 1. The first-order chi connectivity index (χ1) is 9.60. The summed E-state index contributed by atoms with van der Waals surface area (Å²) in [6.45, 7) is 3.58. The van der Waals surface area contributed by atoms with Crippen LogP contribution in [0.4, 0.5) is 11.4 Å². The van der Waals surface area contributed by atoms with Crippen LogP contribution in [0.25, 0.3) is 0 Å². The second-order valence-electron chi connectivity index (χ2n) is 4.39. The highest BCUT2D eigenvalue weighted by Gasteiger charge is 2.12. The zero-order valence-electron chi connectivity index (χ0n) is 11.0. The van der Waals surface area contributed by atoms with Crippen molar-refractivity contribution < 1.29 is 4.92 Å². The normalized spacial score (nSPS) is 10.5. The number of halogens is 1. The number of hydrogen-bond donors (Lipinski definition) is 1. The molecule has 2 rings (SSSR count). The zero-order valence-corrected chi connectivity index (χ0v) is 12.6. The Morgan fingerprint density at radius 3 is 3.00 bits per heavy atom. The molecule has 1 N–H and O–H groups in total. The van der Waals surface area contributed by atoms with Crippen LogP contribution in [0.15, 0.2) is 35.1 Å². The van der Waals surface area contributed by atoms with Gasteiger partial charge in [-0.2, -0.15) is 5.10 Å². The Morgan fingerprint density at radius 1 is 1.50 bits per heavy atom. The van der Waals surface area contributed by atoms with Gasteiger partial charge < -0.3 is 5.32 Å². The van der Waals surface area contributed by atoms with Crippen LogP contribution in [0.3, 0.4) is 0 Å². The maximum Gasteiger partial charge on any atom is 0.285 e. The standard InChI is InChI=1S/C13H15BrN4O2/c1-2-5-17-9-10(8-16-17)7-15-11-3-4-12(14)13(6-11)18(19)20/h3-4,6,8-9,15H,2,5,7H2,1H3. The molecular formula is C13H15BrN4O2. The molecule has 0 radical (unpaired) electrons. The van der Waals surface area contributed by atoms with Gasteiger partial charge >= 0.3 is 0 Å². The molecule has 7 heteroatoms. The first-order valence-electron chi connectivity index (χ1n) is 6.29. The minimum atomic E-state index is -0.408. The van der Waals surface area contributed by atoms with Crippen LogP contribution in [-0.2, 0) is 13.1 Å². The lowest BCUT2D eigenvalue weighted by atomic mass is 10.2. The Bertz CT molecular complexity index is 612. The predicted molar refractivity (Wildman–Crippen MR) is 80.6 cm³/mol. The van der Waals surface area contributed by atoms with E-state index in [4.69, 9.17) is 0 Å². The third-order valence-corrected chi connectivity index (χ3v) is 3.45. The van der Waals surface area contributed by atoms with Gasteiger partial charge in [0.15, 0.2) is 0 Å². The van der Waals surface area contributed by atoms with Gasteiger partial charge in [-0.3, -0.25) is 14.8 Å². The highest BCUT2D eigenvalue weighted by atomic mass is 79.9. The molecule has 0 unspecified atom stereocenters. The maximum absolute atomic E-state index is 10.9. The van der Waals surface area contributed by atoms with E-state index in [9.17, 15) is 10.1 Å². The molecule has 106 valence electrons. The molecule has 1 heterocycles. The fourth-order valence-electron chi connectivity index (χ4n) is 1.82. The number of aromatic nitrogens is 2. The molecule has 6 nitrogen and oxygen atoms in total. The number of aryl methyl sites for hydroxylation is 1. The molecule has 0 fully saturated rings. The molecule has 0 aliphatic carbocycles.